The Morgan fingerprint density at radius 2 is 0.323 bits per heavy atom. The summed E-state index contributed by atoms with van der Waals surface area (Å²) in [4.78, 5) is 21.6. The SMILES string of the molecule is NC[C@H]1O[C@@H]2O[C@H]3[C@H](O)[C@@H](O)[C@@H](O[C@H]4[C@H](O)[C@@H](O)[C@@H](O[C@H]5[C@H](O)[C@@H](O)[C@@H](O[C@H]6[C@H](O)[C@@H](O)[C@@H](O[C@H]7[C@H](O)[C@@H](O)[C@@H](O[C@H]8[C@H](O)[C@@H](O)[C@@H](O[C@H]9[C@H](O)[C@@H](O)[C@@H](O[C@H]1[C@H](O)[C@H]2O)O[C@@H]9CO)O[C@@H]8CO)O[C@@H]7CO)O[C@@H]6CO)O[C@@H]5CO)O[C@@H]4CO)O[C@@H]3CO.O=P(O)(O)O. The Morgan fingerprint density at radius 1 is 0.215 bits per heavy atom. The van der Waals surface area contributed by atoms with Gasteiger partial charge in [-0.05, 0) is 0 Å². The van der Waals surface area contributed by atoms with E-state index in [4.69, 9.17) is 101 Å². The summed E-state index contributed by atoms with van der Waals surface area (Å²) in [6, 6.07) is 0. The molecule has 0 aromatic heterocycles. The van der Waals surface area contributed by atoms with Crippen LogP contribution in [0.2, 0.25) is 0 Å². The predicted octanol–water partition coefficient (Wildman–Crippen LogP) is -18.4. The van der Waals surface area contributed by atoms with E-state index in [0.29, 0.717) is 0 Å². The summed E-state index contributed by atoms with van der Waals surface area (Å²) in [6.07, 6.45) is -80.9. The molecule has 30 saturated heterocycles. The number of hydrogen-bond acceptors (Lipinski definition) is 41. The first-order chi connectivity index (χ1) is 43.9. The minimum absolute atomic E-state index is 0.580. The molecule has 30 rings (SSSR count). The van der Waals surface area contributed by atoms with Crippen molar-refractivity contribution >= 4 is 7.82 Å². The number of aliphatic hydroxyl groups excluding tert-OH is 23. The van der Waals surface area contributed by atoms with Crippen LogP contribution in [-0.2, 0) is 80.4 Å². The van der Waals surface area contributed by atoms with Crippen molar-refractivity contribution in [1.82, 2.24) is 0 Å². The molecule has 0 saturated carbocycles. The Hall–Kier alpha value is -1.49. The Morgan fingerprint density at radius 3 is 0.430 bits per heavy atom. The van der Waals surface area contributed by atoms with Gasteiger partial charge in [0.15, 0.2) is 50.3 Å². The average Bonchev–Trinajstić information content (AvgIpc) is 0.828. The zero-order valence-electron chi connectivity index (χ0n) is 48.3. The number of nitrogens with two attached hydrogens (primary N) is 1. The minimum Gasteiger partial charge on any atom is -0.394 e. The van der Waals surface area contributed by atoms with Crippen LogP contribution < -0.4 is 5.73 Å². The van der Waals surface area contributed by atoms with Gasteiger partial charge in [-0.3, -0.25) is 0 Å². The maximum atomic E-state index is 11.4. The first-order valence-electron chi connectivity index (χ1n) is 29.0. The van der Waals surface area contributed by atoms with Gasteiger partial charge in [0.2, 0.25) is 0 Å². The Balaban J connectivity index is 0.00000214. The molecular weight excluding hydrogens is 1310 g/mol. The van der Waals surface area contributed by atoms with E-state index in [1.54, 1.807) is 0 Å². The molecule has 40 atom stereocenters. The molecule has 0 spiro atoms. The van der Waals surface area contributed by atoms with E-state index in [1.165, 1.54) is 0 Å². The molecule has 0 aliphatic carbocycles. The molecule has 30 fully saturated rings. The van der Waals surface area contributed by atoms with Gasteiger partial charge in [0.1, 0.15) is 195 Å². The van der Waals surface area contributed by atoms with Crippen LogP contribution in [-0.4, -0.2) is 431 Å². The normalized spacial score (nSPS) is 53.0. The fourth-order valence-electron chi connectivity index (χ4n) is 11.9. The van der Waals surface area contributed by atoms with Crippen molar-refractivity contribution < 1.29 is 212 Å². The molecule has 30 heterocycles. The third kappa shape index (κ3) is 16.6. The van der Waals surface area contributed by atoms with Gasteiger partial charge in [-0.2, -0.15) is 0 Å². The zero-order valence-corrected chi connectivity index (χ0v) is 49.2. The average molecular weight is 1390 g/mol. The third-order valence-corrected chi connectivity index (χ3v) is 16.9. The summed E-state index contributed by atoms with van der Waals surface area (Å²) in [6.45, 7) is -8.06. The van der Waals surface area contributed by atoms with Crippen LogP contribution in [0.4, 0.5) is 0 Å². The Labute approximate surface area is 523 Å². The van der Waals surface area contributed by atoms with Gasteiger partial charge in [0.25, 0.3) is 0 Å². The summed E-state index contributed by atoms with van der Waals surface area (Å²) in [7, 11) is -4.64. The second kappa shape index (κ2) is 32.9. The smallest absolute Gasteiger partial charge is 0.394 e. The largest absolute Gasteiger partial charge is 0.466 e. The molecule has 544 valence electrons. The first-order valence-corrected chi connectivity index (χ1v) is 30.6. The lowest BCUT2D eigenvalue weighted by molar-refractivity contribution is -0.403. The highest BCUT2D eigenvalue weighted by Crippen LogP contribution is 2.40. The van der Waals surface area contributed by atoms with Crippen LogP contribution in [0.15, 0.2) is 0 Å². The standard InChI is InChI=1S/C48H81NO39.H3O4P/c49-1-9-33-17(57)25(65)41(73-9)82-34-10(2-50)75-43(27(67)19(34)59)84-36-12(4-52)77-45(29(69)21(36)61)86-38-14(6-54)79-47(31(71)23(38)63)88-40-16(8-56)80-48(32(72)24(40)64)87-39-15(7-55)78-46(30(70)22(39)62)85-37-13(5-53)76-44(28(68)20(37)60)83-35-11(3-51)74-42(81-33)26(66)18(35)58;1-5(2,3)4/h9-48,50-72H,1-8,49H2;(H3,1,2,3,4)/t9-,10-,11-,12-,13-,14-,15-,16-,17-,18-,19-,20-,21-,22-,23-,24-,25-,26-,27-,28-,29-,30-,31-,32-,33-,34-,35-,36-,37-,38-,39-,40-,41-,42-,43-,44-,45-,46-,47-,48-;/m1./s1. The number of aliphatic hydroxyl groups is 23. The van der Waals surface area contributed by atoms with Crippen molar-refractivity contribution in [3.8, 4) is 0 Å². The fourth-order valence-corrected chi connectivity index (χ4v) is 11.9. The molecule has 28 N–H and O–H groups in total. The van der Waals surface area contributed by atoms with Crippen LogP contribution in [0.3, 0.4) is 0 Å². The van der Waals surface area contributed by atoms with Crippen molar-refractivity contribution in [2.45, 2.75) is 246 Å². The molecule has 0 radical (unpaired) electrons. The number of ether oxygens (including phenoxy) is 16. The van der Waals surface area contributed by atoms with Gasteiger partial charge in [-0.1, -0.05) is 0 Å². The molecule has 0 unspecified atom stereocenters. The van der Waals surface area contributed by atoms with Crippen LogP contribution in [0.5, 0.6) is 0 Å². The molecule has 16 bridgehead atoms. The number of hydrogen-bond donors (Lipinski definition) is 27. The topological polar surface area (TPSA) is 717 Å². The van der Waals surface area contributed by atoms with Crippen LogP contribution in [0.1, 0.15) is 0 Å². The summed E-state index contributed by atoms with van der Waals surface area (Å²) >= 11 is 0. The lowest BCUT2D eigenvalue weighted by Gasteiger charge is -2.50. The highest BCUT2D eigenvalue weighted by atomic mass is 31.2. The molecule has 0 aromatic rings. The molecule has 30 aliphatic rings. The number of phosphoric acid groups is 1. The summed E-state index contributed by atoms with van der Waals surface area (Å²) < 4.78 is 100. The quantitative estimate of drug-likeness (QED) is 0.100. The molecule has 0 amide bonds. The number of rotatable bonds is 8. The maximum absolute atomic E-state index is 11.4. The van der Waals surface area contributed by atoms with Crippen LogP contribution in [0.25, 0.3) is 0 Å². The Kier molecular flexibility index (Phi) is 27.3. The zero-order chi connectivity index (χ0) is 68.6. The van der Waals surface area contributed by atoms with E-state index in [0.717, 1.165) is 0 Å². The van der Waals surface area contributed by atoms with Crippen molar-refractivity contribution in [2.75, 3.05) is 52.8 Å². The Bertz CT molecular complexity index is 1880. The fraction of sp³-hybridized carbons (Fsp3) is 1.00. The molecule has 93 heavy (non-hydrogen) atoms. The summed E-state index contributed by atoms with van der Waals surface area (Å²) in [5.74, 6) is 0. The van der Waals surface area contributed by atoms with E-state index < -0.39 is 306 Å². The summed E-state index contributed by atoms with van der Waals surface area (Å²) in [5.41, 5.74) is 5.96. The monoisotopic (exact) mass is 1390 g/mol. The van der Waals surface area contributed by atoms with Crippen molar-refractivity contribution in [1.29, 1.82) is 0 Å². The van der Waals surface area contributed by atoms with Crippen molar-refractivity contribution in [3.05, 3.63) is 0 Å². The van der Waals surface area contributed by atoms with Crippen molar-refractivity contribution in [3.63, 3.8) is 0 Å². The van der Waals surface area contributed by atoms with E-state index in [9.17, 15) is 117 Å². The van der Waals surface area contributed by atoms with Gasteiger partial charge in [0, 0.05) is 6.54 Å². The molecule has 45 heteroatoms. The second-order valence-corrected chi connectivity index (χ2v) is 24.1. The third-order valence-electron chi connectivity index (χ3n) is 16.9. The predicted molar refractivity (Wildman–Crippen MR) is 277 cm³/mol. The highest BCUT2D eigenvalue weighted by Gasteiger charge is 2.60. The van der Waals surface area contributed by atoms with E-state index in [-0.39, 0.29) is 0 Å². The van der Waals surface area contributed by atoms with E-state index in [1.807, 2.05) is 0 Å². The lowest BCUT2D eigenvalue weighted by atomic mass is 9.94. The van der Waals surface area contributed by atoms with Crippen LogP contribution in [0, 0.1) is 0 Å². The van der Waals surface area contributed by atoms with Gasteiger partial charge in [-0.25, -0.2) is 4.57 Å². The molecular formula is C48H84NO43P. The van der Waals surface area contributed by atoms with E-state index >= 15 is 0 Å². The van der Waals surface area contributed by atoms with Gasteiger partial charge < -0.3 is 214 Å². The minimum atomic E-state index is -4.64. The molecule has 0 aromatic carbocycles. The van der Waals surface area contributed by atoms with Crippen LogP contribution >= 0.6 is 7.82 Å². The lowest BCUT2D eigenvalue weighted by Crippen LogP contribution is -2.69. The first kappa shape index (κ1) is 77.3. The molecule has 30 aliphatic heterocycles. The second-order valence-electron chi connectivity index (χ2n) is 23.0. The summed E-state index contributed by atoms with van der Waals surface area (Å²) in [5, 5.41) is 255. The van der Waals surface area contributed by atoms with Gasteiger partial charge in [0.05, 0.1) is 46.2 Å². The molecule has 44 nitrogen and oxygen atoms in total. The maximum Gasteiger partial charge on any atom is 0.466 e. The van der Waals surface area contributed by atoms with E-state index in [2.05, 4.69) is 0 Å². The van der Waals surface area contributed by atoms with Crippen molar-refractivity contribution in [2.24, 2.45) is 5.73 Å². The van der Waals surface area contributed by atoms with Gasteiger partial charge >= 0.3 is 7.82 Å². The highest BCUT2D eigenvalue weighted by molar-refractivity contribution is 7.45. The van der Waals surface area contributed by atoms with Gasteiger partial charge in [-0.15, -0.1) is 0 Å².